The van der Waals surface area contributed by atoms with Gasteiger partial charge in [-0.3, -0.25) is 0 Å². The van der Waals surface area contributed by atoms with Gasteiger partial charge >= 0.3 is 6.03 Å². The number of carbonyl (C=O) groups excluding carboxylic acids is 1. The third kappa shape index (κ3) is 3.23. The Bertz CT molecular complexity index is 974. The lowest BCUT2D eigenvalue weighted by atomic mass is 9.86. The fraction of sp³-hybridized carbons (Fsp3) is 0.391. The summed E-state index contributed by atoms with van der Waals surface area (Å²) in [5.41, 5.74) is 2.34. The number of urea groups is 1. The van der Waals surface area contributed by atoms with Crippen molar-refractivity contribution in [1.82, 2.24) is 15.2 Å². The smallest absolute Gasteiger partial charge is 0.341 e. The minimum atomic E-state index is -0.341. The Balaban J connectivity index is 1.54. The maximum atomic E-state index is 14.0. The van der Waals surface area contributed by atoms with Gasteiger partial charge in [-0.1, -0.05) is 30.3 Å². The zero-order chi connectivity index (χ0) is 20.7. The molecule has 0 spiro atoms. The molecule has 30 heavy (non-hydrogen) atoms. The number of carbonyl (C=O) groups is 1. The van der Waals surface area contributed by atoms with Crippen molar-refractivity contribution in [2.45, 2.75) is 24.9 Å². The predicted octanol–water partition coefficient (Wildman–Crippen LogP) is 3.40. The Labute approximate surface area is 175 Å². The number of hydrazone groups is 1. The molecule has 3 atom stereocenters. The Hall–Kier alpha value is -2.93. The molecule has 1 saturated heterocycles. The van der Waals surface area contributed by atoms with E-state index < -0.39 is 0 Å². The quantitative estimate of drug-likeness (QED) is 0.829. The Kier molecular flexibility index (Phi) is 4.90. The minimum Gasteiger partial charge on any atom is -0.492 e. The predicted molar refractivity (Wildman–Crippen MR) is 112 cm³/mol. The van der Waals surface area contributed by atoms with Crippen LogP contribution in [-0.4, -0.2) is 54.4 Å². The molecule has 6 nitrogen and oxygen atoms in total. The van der Waals surface area contributed by atoms with Crippen molar-refractivity contribution < 1.29 is 13.9 Å². The largest absolute Gasteiger partial charge is 0.492 e. The lowest BCUT2D eigenvalue weighted by Crippen LogP contribution is -2.50. The fourth-order valence-electron chi connectivity index (χ4n) is 4.67. The summed E-state index contributed by atoms with van der Waals surface area (Å²) in [5, 5.41) is 9.70. The number of hydrogen-bond donors (Lipinski definition) is 1. The van der Waals surface area contributed by atoms with Crippen LogP contribution in [0.5, 0.6) is 5.75 Å². The van der Waals surface area contributed by atoms with Gasteiger partial charge in [0.1, 0.15) is 11.6 Å². The van der Waals surface area contributed by atoms with Gasteiger partial charge in [0, 0.05) is 25.2 Å². The molecule has 1 fully saturated rings. The van der Waals surface area contributed by atoms with Crippen LogP contribution in [0.2, 0.25) is 0 Å². The molecule has 0 aromatic heterocycles. The molecule has 3 aliphatic rings. The molecule has 0 unspecified atom stereocenters. The SMILES string of the molecule is CN(C(=O)N1N=C2c3cc(F)ccc3OC[C@H]2[C@H]1c1ccccc1)[C@@H]1CCCNC1. The summed E-state index contributed by atoms with van der Waals surface area (Å²) in [6.07, 6.45) is 2.01. The number of rotatable bonds is 2. The van der Waals surface area contributed by atoms with E-state index in [1.165, 1.54) is 12.1 Å². The molecule has 3 aliphatic heterocycles. The van der Waals surface area contributed by atoms with E-state index in [-0.39, 0.29) is 29.8 Å². The second-order valence-electron chi connectivity index (χ2n) is 8.14. The van der Waals surface area contributed by atoms with Gasteiger partial charge < -0.3 is 15.0 Å². The van der Waals surface area contributed by atoms with Crippen LogP contribution < -0.4 is 10.1 Å². The van der Waals surface area contributed by atoms with Crippen molar-refractivity contribution in [1.29, 1.82) is 0 Å². The molecule has 2 aromatic carbocycles. The normalized spacial score (nSPS) is 25.1. The topological polar surface area (TPSA) is 57.2 Å². The monoisotopic (exact) mass is 408 g/mol. The van der Waals surface area contributed by atoms with Crippen LogP contribution in [0.25, 0.3) is 0 Å². The van der Waals surface area contributed by atoms with Crippen molar-refractivity contribution >= 4 is 11.7 Å². The fourth-order valence-corrected chi connectivity index (χ4v) is 4.67. The molecule has 2 amide bonds. The number of piperidine rings is 1. The average molecular weight is 408 g/mol. The van der Waals surface area contributed by atoms with Gasteiger partial charge in [-0.2, -0.15) is 5.10 Å². The molecule has 1 N–H and O–H groups in total. The molecule has 2 aromatic rings. The summed E-state index contributed by atoms with van der Waals surface area (Å²) in [6.45, 7) is 2.16. The van der Waals surface area contributed by atoms with E-state index in [1.54, 1.807) is 16.0 Å². The van der Waals surface area contributed by atoms with Crippen LogP contribution in [0, 0.1) is 11.7 Å². The molecule has 0 saturated carbocycles. The first kappa shape index (κ1) is 19.1. The third-order valence-corrected chi connectivity index (χ3v) is 6.30. The van der Waals surface area contributed by atoms with Gasteiger partial charge in [-0.05, 0) is 43.1 Å². The number of halogens is 1. The van der Waals surface area contributed by atoms with Gasteiger partial charge in [0.25, 0.3) is 0 Å². The second kappa shape index (κ2) is 7.72. The lowest BCUT2D eigenvalue weighted by molar-refractivity contribution is 0.115. The second-order valence-corrected chi connectivity index (χ2v) is 8.14. The first-order chi connectivity index (χ1) is 14.6. The first-order valence-corrected chi connectivity index (χ1v) is 10.5. The zero-order valence-electron chi connectivity index (χ0n) is 16.9. The summed E-state index contributed by atoms with van der Waals surface area (Å²) in [7, 11) is 1.84. The molecule has 0 bridgehead atoms. The van der Waals surface area contributed by atoms with Crippen molar-refractivity contribution in [3.63, 3.8) is 0 Å². The summed E-state index contributed by atoms with van der Waals surface area (Å²) < 4.78 is 19.9. The summed E-state index contributed by atoms with van der Waals surface area (Å²) in [6, 6.07) is 14.1. The highest BCUT2D eigenvalue weighted by atomic mass is 19.1. The maximum Gasteiger partial charge on any atom is 0.341 e. The molecule has 156 valence electrons. The molecule has 7 heteroatoms. The molecular weight excluding hydrogens is 383 g/mol. The van der Waals surface area contributed by atoms with Crippen LogP contribution in [0.15, 0.2) is 53.6 Å². The highest BCUT2D eigenvalue weighted by molar-refractivity contribution is 6.07. The van der Waals surface area contributed by atoms with Crippen LogP contribution in [0.3, 0.4) is 0 Å². The van der Waals surface area contributed by atoms with Gasteiger partial charge in [-0.15, -0.1) is 0 Å². The number of likely N-dealkylation sites (N-methyl/N-ethyl adjacent to an activating group) is 1. The van der Waals surface area contributed by atoms with E-state index in [0.29, 0.717) is 23.6 Å². The summed E-state index contributed by atoms with van der Waals surface area (Å²) in [5.74, 6) is 0.119. The number of fused-ring (bicyclic) bond motifs is 3. The summed E-state index contributed by atoms with van der Waals surface area (Å²) >= 11 is 0. The van der Waals surface area contributed by atoms with Crippen LogP contribution >= 0.6 is 0 Å². The Morgan fingerprint density at radius 1 is 1.27 bits per heavy atom. The van der Waals surface area contributed by atoms with E-state index >= 15 is 0 Å². The Morgan fingerprint density at radius 2 is 2.10 bits per heavy atom. The van der Waals surface area contributed by atoms with Crippen molar-refractivity contribution in [3.05, 3.63) is 65.5 Å². The summed E-state index contributed by atoms with van der Waals surface area (Å²) in [4.78, 5) is 15.3. The van der Waals surface area contributed by atoms with Crippen LogP contribution in [-0.2, 0) is 0 Å². The van der Waals surface area contributed by atoms with E-state index in [0.717, 1.165) is 31.5 Å². The van der Waals surface area contributed by atoms with Crippen molar-refractivity contribution in [3.8, 4) is 5.75 Å². The highest BCUT2D eigenvalue weighted by Crippen LogP contribution is 2.43. The van der Waals surface area contributed by atoms with Crippen LogP contribution in [0.1, 0.15) is 30.0 Å². The first-order valence-electron chi connectivity index (χ1n) is 10.5. The lowest BCUT2D eigenvalue weighted by Gasteiger charge is -2.36. The van der Waals surface area contributed by atoms with Gasteiger partial charge in [0.2, 0.25) is 0 Å². The maximum absolute atomic E-state index is 14.0. The van der Waals surface area contributed by atoms with Gasteiger partial charge in [0.15, 0.2) is 0 Å². The number of nitrogens with zero attached hydrogens (tertiary/aromatic N) is 3. The molecule has 5 rings (SSSR count). The number of ether oxygens (including phenoxy) is 1. The Morgan fingerprint density at radius 3 is 2.87 bits per heavy atom. The number of benzene rings is 2. The number of amides is 2. The van der Waals surface area contributed by atoms with Crippen molar-refractivity contribution in [2.75, 3.05) is 26.7 Å². The third-order valence-electron chi connectivity index (χ3n) is 6.30. The molecular formula is C23H25FN4O2. The van der Waals surface area contributed by atoms with Crippen LogP contribution in [0.4, 0.5) is 9.18 Å². The number of hydrogen-bond acceptors (Lipinski definition) is 4. The van der Waals surface area contributed by atoms with E-state index in [9.17, 15) is 9.18 Å². The van der Waals surface area contributed by atoms with Gasteiger partial charge in [-0.25, -0.2) is 14.2 Å². The zero-order valence-corrected chi connectivity index (χ0v) is 16.9. The standard InChI is InChI=1S/C23H25FN4O2/c1-27(17-8-5-11-25-13-17)23(29)28-22(15-6-3-2-4-7-15)19-14-30-20-10-9-16(24)12-18(20)21(19)26-28/h2-4,6-7,9-10,12,17,19,22,25H,5,8,11,13-14H2,1H3/t17-,19-,22-/m1/s1. The molecule has 3 heterocycles. The minimum absolute atomic E-state index is 0.131. The molecule has 0 aliphatic carbocycles. The van der Waals surface area contributed by atoms with E-state index in [1.807, 2.05) is 37.4 Å². The average Bonchev–Trinajstić information content (AvgIpc) is 3.19. The van der Waals surface area contributed by atoms with E-state index in [2.05, 4.69) is 5.32 Å². The molecule has 0 radical (unpaired) electrons. The van der Waals surface area contributed by atoms with E-state index in [4.69, 9.17) is 9.84 Å². The van der Waals surface area contributed by atoms with Crippen molar-refractivity contribution in [2.24, 2.45) is 11.0 Å². The number of nitrogens with one attached hydrogen (secondary N) is 1. The van der Waals surface area contributed by atoms with Gasteiger partial charge in [0.05, 0.1) is 24.3 Å². The highest BCUT2D eigenvalue weighted by Gasteiger charge is 2.46.